The second kappa shape index (κ2) is 6.80. The summed E-state index contributed by atoms with van der Waals surface area (Å²) in [7, 11) is 0. The van der Waals surface area contributed by atoms with Gasteiger partial charge in [-0.15, -0.1) is 0 Å². The first-order chi connectivity index (χ1) is 13.4. The summed E-state index contributed by atoms with van der Waals surface area (Å²) in [5, 5.41) is 0. The average molecular weight is 357 g/mol. The molecule has 0 saturated carbocycles. The number of nitrogens with zero attached hydrogens (tertiary/aromatic N) is 1. The number of benzene rings is 3. The molecule has 27 heavy (non-hydrogen) atoms. The van der Waals surface area contributed by atoms with Crippen LogP contribution in [0.4, 0.5) is 0 Å². The molecule has 4 heteroatoms. The number of rotatable bonds is 4. The Hall–Kier alpha value is -3.27. The fourth-order valence-electron chi connectivity index (χ4n) is 3.48. The SMILES string of the molecule is c1ccc(COc2ccc(C3=NCCc4cc5c(cc43)OCO5)cc2)cc1. The Morgan fingerprint density at radius 3 is 2.48 bits per heavy atom. The Morgan fingerprint density at radius 1 is 0.889 bits per heavy atom. The van der Waals surface area contributed by atoms with Crippen LogP contribution in [0.2, 0.25) is 0 Å². The van der Waals surface area contributed by atoms with Crippen molar-refractivity contribution in [2.24, 2.45) is 4.99 Å². The van der Waals surface area contributed by atoms with E-state index >= 15 is 0 Å². The topological polar surface area (TPSA) is 40.0 Å². The molecule has 0 atom stereocenters. The van der Waals surface area contributed by atoms with Crippen molar-refractivity contribution >= 4 is 5.71 Å². The van der Waals surface area contributed by atoms with Gasteiger partial charge in [-0.1, -0.05) is 30.3 Å². The molecule has 2 heterocycles. The second-order valence-electron chi connectivity index (χ2n) is 6.64. The molecule has 0 aromatic heterocycles. The number of ether oxygens (including phenoxy) is 3. The summed E-state index contributed by atoms with van der Waals surface area (Å²) in [5.41, 5.74) is 5.63. The van der Waals surface area contributed by atoms with Crippen molar-refractivity contribution in [3.8, 4) is 17.2 Å². The molecule has 0 saturated heterocycles. The zero-order valence-electron chi connectivity index (χ0n) is 14.9. The van der Waals surface area contributed by atoms with Crippen LogP contribution in [-0.4, -0.2) is 19.0 Å². The van der Waals surface area contributed by atoms with Crippen LogP contribution in [-0.2, 0) is 13.0 Å². The third-order valence-electron chi connectivity index (χ3n) is 4.88. The zero-order valence-corrected chi connectivity index (χ0v) is 14.9. The van der Waals surface area contributed by atoms with Gasteiger partial charge in [0.15, 0.2) is 11.5 Å². The first-order valence-electron chi connectivity index (χ1n) is 9.11. The van der Waals surface area contributed by atoms with E-state index in [-0.39, 0.29) is 6.79 Å². The fraction of sp³-hybridized carbons (Fsp3) is 0.174. The normalized spacial score (nSPS) is 14.4. The highest BCUT2D eigenvalue weighted by Crippen LogP contribution is 2.37. The minimum atomic E-state index is 0.290. The van der Waals surface area contributed by atoms with Gasteiger partial charge in [0.2, 0.25) is 6.79 Å². The molecule has 0 fully saturated rings. The van der Waals surface area contributed by atoms with Crippen LogP contribution in [0.25, 0.3) is 0 Å². The number of hydrogen-bond acceptors (Lipinski definition) is 4. The maximum absolute atomic E-state index is 5.89. The molecular weight excluding hydrogens is 338 g/mol. The van der Waals surface area contributed by atoms with E-state index in [4.69, 9.17) is 19.2 Å². The van der Waals surface area contributed by atoms with E-state index in [2.05, 4.69) is 36.4 Å². The van der Waals surface area contributed by atoms with Gasteiger partial charge in [0, 0.05) is 17.7 Å². The third-order valence-corrected chi connectivity index (χ3v) is 4.88. The maximum atomic E-state index is 5.89. The first-order valence-corrected chi connectivity index (χ1v) is 9.11. The van der Waals surface area contributed by atoms with Crippen molar-refractivity contribution in [1.82, 2.24) is 0 Å². The van der Waals surface area contributed by atoms with Crippen molar-refractivity contribution in [1.29, 1.82) is 0 Å². The standard InChI is InChI=1S/C23H19NO3/c1-2-4-16(5-3-1)14-25-19-8-6-17(7-9-19)23-20-13-22-21(26-15-27-22)12-18(20)10-11-24-23/h1-9,12-13H,10-11,14-15H2. The molecule has 0 unspecified atom stereocenters. The highest BCUT2D eigenvalue weighted by molar-refractivity contribution is 6.14. The van der Waals surface area contributed by atoms with Crippen LogP contribution < -0.4 is 14.2 Å². The quantitative estimate of drug-likeness (QED) is 0.695. The molecule has 5 rings (SSSR count). The Balaban J connectivity index is 1.37. The third kappa shape index (κ3) is 3.14. The molecule has 0 amide bonds. The predicted molar refractivity (Wildman–Crippen MR) is 104 cm³/mol. The number of fused-ring (bicyclic) bond motifs is 2. The van der Waals surface area contributed by atoms with Crippen LogP contribution >= 0.6 is 0 Å². The van der Waals surface area contributed by atoms with Gasteiger partial charge >= 0.3 is 0 Å². The van der Waals surface area contributed by atoms with Gasteiger partial charge in [-0.3, -0.25) is 4.99 Å². The molecule has 3 aromatic rings. The Bertz CT molecular complexity index is 994. The summed E-state index contributed by atoms with van der Waals surface area (Å²) in [6.45, 7) is 1.64. The van der Waals surface area contributed by atoms with E-state index < -0.39 is 0 Å². The molecule has 0 spiro atoms. The average Bonchev–Trinajstić information content (AvgIpc) is 3.19. The van der Waals surface area contributed by atoms with E-state index in [1.807, 2.05) is 30.3 Å². The smallest absolute Gasteiger partial charge is 0.231 e. The van der Waals surface area contributed by atoms with E-state index in [0.29, 0.717) is 6.61 Å². The van der Waals surface area contributed by atoms with Crippen LogP contribution in [0.1, 0.15) is 22.3 Å². The van der Waals surface area contributed by atoms with Crippen LogP contribution in [0.15, 0.2) is 71.7 Å². The fourth-order valence-corrected chi connectivity index (χ4v) is 3.48. The van der Waals surface area contributed by atoms with Crippen molar-refractivity contribution in [3.05, 3.63) is 89.0 Å². The lowest BCUT2D eigenvalue weighted by Crippen LogP contribution is -2.14. The molecule has 0 radical (unpaired) electrons. The zero-order chi connectivity index (χ0) is 18.1. The van der Waals surface area contributed by atoms with Crippen LogP contribution in [0.3, 0.4) is 0 Å². The highest BCUT2D eigenvalue weighted by Gasteiger charge is 2.22. The molecular formula is C23H19NO3. The summed E-state index contributed by atoms with van der Waals surface area (Å²) in [6.07, 6.45) is 0.924. The minimum Gasteiger partial charge on any atom is -0.489 e. The Kier molecular flexibility index (Phi) is 4.02. The van der Waals surface area contributed by atoms with E-state index in [1.54, 1.807) is 0 Å². The summed E-state index contributed by atoms with van der Waals surface area (Å²) in [4.78, 5) is 4.77. The summed E-state index contributed by atoms with van der Waals surface area (Å²) in [6, 6.07) is 22.4. The minimum absolute atomic E-state index is 0.290. The van der Waals surface area contributed by atoms with Gasteiger partial charge in [-0.2, -0.15) is 0 Å². The Morgan fingerprint density at radius 2 is 1.67 bits per heavy atom. The lowest BCUT2D eigenvalue weighted by Gasteiger charge is -2.18. The largest absolute Gasteiger partial charge is 0.489 e. The number of aliphatic imine (C=N–C) groups is 1. The van der Waals surface area contributed by atoms with Crippen molar-refractivity contribution in [3.63, 3.8) is 0 Å². The summed E-state index contributed by atoms with van der Waals surface area (Å²) < 4.78 is 16.9. The molecule has 2 aliphatic heterocycles. The molecule has 3 aromatic carbocycles. The van der Waals surface area contributed by atoms with Gasteiger partial charge < -0.3 is 14.2 Å². The number of hydrogen-bond donors (Lipinski definition) is 0. The monoisotopic (exact) mass is 357 g/mol. The van der Waals surface area contributed by atoms with E-state index in [1.165, 1.54) is 5.56 Å². The second-order valence-corrected chi connectivity index (χ2v) is 6.64. The van der Waals surface area contributed by atoms with Crippen LogP contribution in [0.5, 0.6) is 17.2 Å². The summed E-state index contributed by atoms with van der Waals surface area (Å²) in [5.74, 6) is 2.48. The molecule has 134 valence electrons. The van der Waals surface area contributed by atoms with Crippen molar-refractivity contribution in [2.45, 2.75) is 13.0 Å². The van der Waals surface area contributed by atoms with Crippen molar-refractivity contribution in [2.75, 3.05) is 13.3 Å². The van der Waals surface area contributed by atoms with Crippen LogP contribution in [0, 0.1) is 0 Å². The molecule has 0 aliphatic carbocycles. The first kappa shape index (κ1) is 15.9. The van der Waals surface area contributed by atoms with Gasteiger partial charge in [0.1, 0.15) is 12.4 Å². The van der Waals surface area contributed by atoms with E-state index in [9.17, 15) is 0 Å². The molecule has 4 nitrogen and oxygen atoms in total. The predicted octanol–water partition coefficient (Wildman–Crippen LogP) is 4.39. The lowest BCUT2D eigenvalue weighted by molar-refractivity contribution is 0.174. The molecule has 0 bridgehead atoms. The Labute approximate surface area is 158 Å². The van der Waals surface area contributed by atoms with Gasteiger partial charge in [-0.25, -0.2) is 0 Å². The van der Waals surface area contributed by atoms with Gasteiger partial charge in [0.05, 0.1) is 5.71 Å². The molecule has 2 aliphatic rings. The van der Waals surface area contributed by atoms with Gasteiger partial charge in [-0.05, 0) is 53.9 Å². The highest BCUT2D eigenvalue weighted by atomic mass is 16.7. The lowest BCUT2D eigenvalue weighted by atomic mass is 9.93. The van der Waals surface area contributed by atoms with E-state index in [0.717, 1.165) is 52.6 Å². The molecule has 0 N–H and O–H groups in total. The van der Waals surface area contributed by atoms with Gasteiger partial charge in [0.25, 0.3) is 0 Å². The summed E-state index contributed by atoms with van der Waals surface area (Å²) >= 11 is 0. The maximum Gasteiger partial charge on any atom is 0.231 e. The van der Waals surface area contributed by atoms with Crippen molar-refractivity contribution < 1.29 is 14.2 Å².